The van der Waals surface area contributed by atoms with E-state index in [9.17, 15) is 0 Å². The van der Waals surface area contributed by atoms with Crippen molar-refractivity contribution in [1.29, 1.82) is 0 Å². The number of benzene rings is 1. The molecule has 0 atom stereocenters. The number of nitrogens with zero attached hydrogens (tertiary/aromatic N) is 1. The summed E-state index contributed by atoms with van der Waals surface area (Å²) in [5, 5.41) is 8.02. The largest absolute Gasteiger partial charge is 0.385 e. The average Bonchev–Trinajstić information content (AvgIpc) is 2.44. The van der Waals surface area contributed by atoms with Crippen LogP contribution in [0.15, 0.2) is 36.5 Å². The first-order valence-electron chi connectivity index (χ1n) is 6.19. The van der Waals surface area contributed by atoms with Crippen LogP contribution in [0.5, 0.6) is 0 Å². The topological polar surface area (TPSA) is 46.2 Å². The molecule has 0 unspecified atom stereocenters. The normalized spacial score (nSPS) is 10.4. The first-order chi connectivity index (χ1) is 9.31. The summed E-state index contributed by atoms with van der Waals surface area (Å²) in [6, 6.07) is 9.94. The van der Waals surface area contributed by atoms with E-state index in [1.54, 1.807) is 13.3 Å². The zero-order valence-corrected chi connectivity index (χ0v) is 11.7. The van der Waals surface area contributed by atoms with Crippen LogP contribution < -0.4 is 10.6 Å². The van der Waals surface area contributed by atoms with E-state index in [2.05, 4.69) is 15.6 Å². The highest BCUT2D eigenvalue weighted by Crippen LogP contribution is 2.20. The summed E-state index contributed by atoms with van der Waals surface area (Å²) in [7, 11) is 1.69. The van der Waals surface area contributed by atoms with E-state index < -0.39 is 0 Å². The van der Waals surface area contributed by atoms with E-state index in [0.29, 0.717) is 5.11 Å². The summed E-state index contributed by atoms with van der Waals surface area (Å²) >= 11 is 5.26. The second kappa shape index (κ2) is 7.01. The number of para-hydroxylation sites is 1. The van der Waals surface area contributed by atoms with Crippen LogP contribution in [-0.4, -0.2) is 30.4 Å². The van der Waals surface area contributed by atoms with Gasteiger partial charge in [0.15, 0.2) is 5.11 Å². The predicted octanol–water partition coefficient (Wildman–Crippen LogP) is 2.56. The van der Waals surface area contributed by atoms with Crippen LogP contribution in [0.2, 0.25) is 0 Å². The minimum atomic E-state index is 0.606. The van der Waals surface area contributed by atoms with Crippen molar-refractivity contribution in [2.45, 2.75) is 6.42 Å². The third-order valence-electron chi connectivity index (χ3n) is 2.69. The van der Waals surface area contributed by atoms with Crippen molar-refractivity contribution in [3.63, 3.8) is 0 Å². The number of fused-ring (bicyclic) bond motifs is 1. The van der Waals surface area contributed by atoms with Crippen LogP contribution in [0.25, 0.3) is 10.9 Å². The number of methoxy groups -OCH3 is 1. The predicted molar refractivity (Wildman–Crippen MR) is 82.5 cm³/mol. The Hall–Kier alpha value is -1.72. The molecule has 0 fully saturated rings. The molecule has 0 aliphatic carbocycles. The first kappa shape index (κ1) is 13.7. The van der Waals surface area contributed by atoms with Gasteiger partial charge in [-0.3, -0.25) is 4.98 Å². The van der Waals surface area contributed by atoms with Gasteiger partial charge < -0.3 is 15.4 Å². The summed E-state index contributed by atoms with van der Waals surface area (Å²) in [5.41, 5.74) is 1.84. The van der Waals surface area contributed by atoms with Gasteiger partial charge >= 0.3 is 0 Å². The Kier molecular flexibility index (Phi) is 5.06. The number of hydrogen-bond donors (Lipinski definition) is 2. The number of pyridine rings is 1. The molecule has 2 N–H and O–H groups in total. The zero-order chi connectivity index (χ0) is 13.5. The average molecular weight is 275 g/mol. The lowest BCUT2D eigenvalue weighted by molar-refractivity contribution is 0.196. The minimum absolute atomic E-state index is 0.606. The Bertz CT molecular complexity index is 554. The summed E-state index contributed by atoms with van der Waals surface area (Å²) in [5.74, 6) is 0. The monoisotopic (exact) mass is 275 g/mol. The smallest absolute Gasteiger partial charge is 0.170 e. The third kappa shape index (κ3) is 3.87. The standard InChI is InChI=1S/C14H17N3OS/c1-18-10-4-9-16-14(19)17-12-7-2-5-11-6-3-8-15-13(11)12/h2-3,5-8H,4,9-10H2,1H3,(H2,16,17,19). The van der Waals surface area contributed by atoms with Gasteiger partial charge in [-0.15, -0.1) is 0 Å². The summed E-state index contributed by atoms with van der Waals surface area (Å²) in [4.78, 5) is 4.37. The fraction of sp³-hybridized carbons (Fsp3) is 0.286. The van der Waals surface area contributed by atoms with Gasteiger partial charge in [0.2, 0.25) is 0 Å². The van der Waals surface area contributed by atoms with Crippen LogP contribution in [0, 0.1) is 0 Å². The zero-order valence-electron chi connectivity index (χ0n) is 10.8. The molecule has 0 aliphatic rings. The lowest BCUT2D eigenvalue weighted by atomic mass is 10.2. The summed E-state index contributed by atoms with van der Waals surface area (Å²) < 4.78 is 4.99. The number of ether oxygens (including phenoxy) is 1. The van der Waals surface area contributed by atoms with Crippen molar-refractivity contribution in [2.24, 2.45) is 0 Å². The van der Waals surface area contributed by atoms with Crippen molar-refractivity contribution >= 4 is 33.9 Å². The van der Waals surface area contributed by atoms with Gasteiger partial charge in [0.1, 0.15) is 0 Å². The highest BCUT2D eigenvalue weighted by Gasteiger charge is 2.03. The van der Waals surface area contributed by atoms with Crippen molar-refractivity contribution in [3.05, 3.63) is 36.5 Å². The molecule has 0 saturated heterocycles. The van der Waals surface area contributed by atoms with Gasteiger partial charge in [-0.05, 0) is 30.8 Å². The number of hydrogen-bond acceptors (Lipinski definition) is 3. The summed E-state index contributed by atoms with van der Waals surface area (Å²) in [6.45, 7) is 1.52. The van der Waals surface area contributed by atoms with E-state index in [4.69, 9.17) is 17.0 Å². The van der Waals surface area contributed by atoms with E-state index in [-0.39, 0.29) is 0 Å². The van der Waals surface area contributed by atoms with E-state index in [1.165, 1.54) is 0 Å². The van der Waals surface area contributed by atoms with Gasteiger partial charge in [-0.25, -0.2) is 0 Å². The number of anilines is 1. The molecular formula is C14H17N3OS. The summed E-state index contributed by atoms with van der Waals surface area (Å²) in [6.07, 6.45) is 2.70. The van der Waals surface area contributed by atoms with Crippen LogP contribution in [-0.2, 0) is 4.74 Å². The maximum absolute atomic E-state index is 5.26. The molecule has 0 saturated carbocycles. The first-order valence-corrected chi connectivity index (χ1v) is 6.59. The van der Waals surface area contributed by atoms with Gasteiger partial charge in [-0.2, -0.15) is 0 Å². The van der Waals surface area contributed by atoms with Gasteiger partial charge in [0, 0.05) is 31.8 Å². The molecule has 1 heterocycles. The van der Waals surface area contributed by atoms with Crippen molar-refractivity contribution < 1.29 is 4.74 Å². The quantitative estimate of drug-likeness (QED) is 0.648. The SMILES string of the molecule is COCCCNC(=S)Nc1cccc2cccnc12. The van der Waals surface area contributed by atoms with Gasteiger partial charge in [-0.1, -0.05) is 18.2 Å². The van der Waals surface area contributed by atoms with Gasteiger partial charge in [0.25, 0.3) is 0 Å². The second-order valence-corrected chi connectivity index (χ2v) is 4.52. The Morgan fingerprint density at radius 3 is 3.00 bits per heavy atom. The van der Waals surface area contributed by atoms with E-state index >= 15 is 0 Å². The maximum Gasteiger partial charge on any atom is 0.170 e. The minimum Gasteiger partial charge on any atom is -0.385 e. The molecule has 2 rings (SSSR count). The lowest BCUT2D eigenvalue weighted by Gasteiger charge is -2.11. The van der Waals surface area contributed by atoms with Crippen LogP contribution >= 0.6 is 12.2 Å². The molecule has 1 aromatic carbocycles. The fourth-order valence-corrected chi connectivity index (χ4v) is 2.00. The Morgan fingerprint density at radius 2 is 2.16 bits per heavy atom. The Labute approximate surface area is 118 Å². The number of rotatable bonds is 5. The van der Waals surface area contributed by atoms with E-state index in [0.717, 1.165) is 36.2 Å². The molecule has 1 aromatic heterocycles. The maximum atomic E-state index is 5.26. The highest BCUT2D eigenvalue weighted by molar-refractivity contribution is 7.80. The molecule has 0 amide bonds. The molecule has 100 valence electrons. The molecule has 0 radical (unpaired) electrons. The van der Waals surface area contributed by atoms with Gasteiger partial charge in [0.05, 0.1) is 11.2 Å². The molecule has 19 heavy (non-hydrogen) atoms. The van der Waals surface area contributed by atoms with Crippen LogP contribution in [0.4, 0.5) is 5.69 Å². The van der Waals surface area contributed by atoms with Crippen LogP contribution in [0.1, 0.15) is 6.42 Å². The third-order valence-corrected chi connectivity index (χ3v) is 2.94. The van der Waals surface area contributed by atoms with Crippen molar-refractivity contribution in [3.8, 4) is 0 Å². The number of thiocarbonyl (C=S) groups is 1. The molecule has 0 spiro atoms. The second-order valence-electron chi connectivity index (χ2n) is 4.11. The Morgan fingerprint density at radius 1 is 1.32 bits per heavy atom. The number of nitrogens with one attached hydrogen (secondary N) is 2. The molecule has 4 nitrogen and oxygen atoms in total. The van der Waals surface area contributed by atoms with Crippen molar-refractivity contribution in [2.75, 3.05) is 25.6 Å². The number of aromatic nitrogens is 1. The van der Waals surface area contributed by atoms with E-state index in [1.807, 2.05) is 30.3 Å². The molecular weight excluding hydrogens is 258 g/mol. The molecule has 0 aliphatic heterocycles. The molecule has 2 aromatic rings. The van der Waals surface area contributed by atoms with Crippen LogP contribution in [0.3, 0.4) is 0 Å². The lowest BCUT2D eigenvalue weighted by Crippen LogP contribution is -2.29. The Balaban J connectivity index is 1.99. The fourth-order valence-electron chi connectivity index (χ4n) is 1.79. The molecule has 0 bridgehead atoms. The molecule has 5 heteroatoms. The van der Waals surface area contributed by atoms with Crippen molar-refractivity contribution in [1.82, 2.24) is 10.3 Å². The highest BCUT2D eigenvalue weighted by atomic mass is 32.1.